The third-order valence-electron chi connectivity index (χ3n) is 5.58. The molecule has 0 atom stereocenters. The summed E-state index contributed by atoms with van der Waals surface area (Å²) >= 11 is 1.30. The Balaban J connectivity index is 1.42. The molecule has 0 N–H and O–H groups in total. The second-order valence-corrected chi connectivity index (χ2v) is 8.93. The lowest BCUT2D eigenvalue weighted by molar-refractivity contribution is 0.0605. The van der Waals surface area contributed by atoms with Crippen LogP contribution in [-0.4, -0.2) is 32.7 Å². The molecule has 7 nitrogen and oxygen atoms in total. The maximum absolute atomic E-state index is 12.1. The van der Waals surface area contributed by atoms with Crippen molar-refractivity contribution in [2.24, 2.45) is 0 Å². The highest BCUT2D eigenvalue weighted by Gasteiger charge is 2.20. The van der Waals surface area contributed by atoms with E-state index in [0.717, 1.165) is 38.2 Å². The van der Waals surface area contributed by atoms with E-state index < -0.39 is 0 Å². The van der Waals surface area contributed by atoms with Gasteiger partial charge in [-0.1, -0.05) is 42.0 Å². The van der Waals surface area contributed by atoms with Gasteiger partial charge in [0.1, 0.15) is 28.4 Å². The van der Waals surface area contributed by atoms with Crippen molar-refractivity contribution in [1.82, 2.24) is 19.6 Å². The average molecular weight is 459 g/mol. The molecule has 166 valence electrons. The van der Waals surface area contributed by atoms with E-state index in [4.69, 9.17) is 14.5 Å². The standard InChI is InChI=1S/C25H22N4O3S/c1-14-5-10-19(15(2)11-14)32-12-17-6-8-18(9-7-17)22-27-23-20-16(3)21(25(30)31-4)33-24(20)26-13-29(23)28-22/h5-11,13H,12H2,1-4H3. The molecule has 5 aromatic rings. The maximum Gasteiger partial charge on any atom is 0.348 e. The molecule has 0 spiro atoms. The fourth-order valence-corrected chi connectivity index (χ4v) is 4.88. The molecule has 0 aliphatic rings. The zero-order valence-electron chi connectivity index (χ0n) is 18.7. The smallest absolute Gasteiger partial charge is 0.348 e. The van der Waals surface area contributed by atoms with E-state index in [-0.39, 0.29) is 5.97 Å². The number of thiophene rings is 1. The van der Waals surface area contributed by atoms with Gasteiger partial charge in [0, 0.05) is 5.56 Å². The van der Waals surface area contributed by atoms with Crippen molar-refractivity contribution >= 4 is 33.2 Å². The molecule has 3 aromatic heterocycles. The van der Waals surface area contributed by atoms with E-state index in [9.17, 15) is 4.79 Å². The van der Waals surface area contributed by atoms with Gasteiger partial charge in [-0.05, 0) is 43.5 Å². The number of benzene rings is 2. The van der Waals surface area contributed by atoms with Gasteiger partial charge < -0.3 is 9.47 Å². The number of aromatic nitrogens is 4. The van der Waals surface area contributed by atoms with Crippen LogP contribution in [0.15, 0.2) is 48.8 Å². The Morgan fingerprint density at radius 3 is 2.61 bits per heavy atom. The van der Waals surface area contributed by atoms with E-state index in [1.165, 1.54) is 24.0 Å². The van der Waals surface area contributed by atoms with Gasteiger partial charge in [-0.25, -0.2) is 19.3 Å². The minimum Gasteiger partial charge on any atom is -0.489 e. The Morgan fingerprint density at radius 2 is 1.88 bits per heavy atom. The van der Waals surface area contributed by atoms with Crippen LogP contribution in [0.4, 0.5) is 0 Å². The minimum atomic E-state index is -0.368. The summed E-state index contributed by atoms with van der Waals surface area (Å²) in [6, 6.07) is 14.2. The lowest BCUT2D eigenvalue weighted by atomic mass is 10.1. The molecule has 33 heavy (non-hydrogen) atoms. The van der Waals surface area contributed by atoms with Gasteiger partial charge in [0.15, 0.2) is 11.5 Å². The van der Waals surface area contributed by atoms with Crippen molar-refractivity contribution < 1.29 is 14.3 Å². The van der Waals surface area contributed by atoms with Gasteiger partial charge in [-0.3, -0.25) is 0 Å². The topological polar surface area (TPSA) is 78.6 Å². The molecule has 0 aliphatic heterocycles. The van der Waals surface area contributed by atoms with Crippen LogP contribution in [0.25, 0.3) is 27.3 Å². The third-order valence-corrected chi connectivity index (χ3v) is 6.75. The summed E-state index contributed by atoms with van der Waals surface area (Å²) in [5.74, 6) is 1.11. The lowest BCUT2D eigenvalue weighted by Gasteiger charge is -2.10. The highest BCUT2D eigenvalue weighted by Crippen LogP contribution is 2.33. The molecule has 3 heterocycles. The predicted octanol–water partition coefficient (Wildman–Crippen LogP) is 5.30. The van der Waals surface area contributed by atoms with Crippen molar-refractivity contribution in [1.29, 1.82) is 0 Å². The van der Waals surface area contributed by atoms with Gasteiger partial charge in [0.2, 0.25) is 0 Å². The van der Waals surface area contributed by atoms with Crippen LogP contribution in [0.1, 0.15) is 31.9 Å². The number of esters is 1. The Kier molecular flexibility index (Phi) is 5.30. The highest BCUT2D eigenvalue weighted by atomic mass is 32.1. The van der Waals surface area contributed by atoms with Gasteiger partial charge in [-0.2, -0.15) is 0 Å². The van der Waals surface area contributed by atoms with Crippen molar-refractivity contribution in [3.63, 3.8) is 0 Å². The Bertz CT molecular complexity index is 1500. The molecular weight excluding hydrogens is 436 g/mol. The molecule has 0 bridgehead atoms. The first-order valence-electron chi connectivity index (χ1n) is 10.5. The number of nitrogens with zero attached hydrogens (tertiary/aromatic N) is 4. The number of ether oxygens (including phenoxy) is 2. The van der Waals surface area contributed by atoms with E-state index >= 15 is 0 Å². The fourth-order valence-electron chi connectivity index (χ4n) is 3.82. The molecule has 8 heteroatoms. The van der Waals surface area contributed by atoms with Crippen molar-refractivity contribution in [2.45, 2.75) is 27.4 Å². The molecule has 0 aliphatic carbocycles. The third kappa shape index (κ3) is 3.82. The SMILES string of the molecule is COC(=O)c1sc2ncn3nc(-c4ccc(COc5ccc(C)cc5C)cc4)nc3c2c1C. The number of aryl methyl sites for hydroxylation is 3. The summed E-state index contributed by atoms with van der Waals surface area (Å²) in [7, 11) is 1.38. The molecule has 0 saturated heterocycles. The molecule has 0 amide bonds. The van der Waals surface area contributed by atoms with Crippen LogP contribution in [0.5, 0.6) is 5.75 Å². The first kappa shape index (κ1) is 21.1. The van der Waals surface area contributed by atoms with Crippen molar-refractivity contribution in [2.75, 3.05) is 7.11 Å². The average Bonchev–Trinajstić information content (AvgIpc) is 3.39. The largest absolute Gasteiger partial charge is 0.489 e. The summed E-state index contributed by atoms with van der Waals surface area (Å²) in [6.45, 7) is 6.49. The predicted molar refractivity (Wildman–Crippen MR) is 128 cm³/mol. The van der Waals surface area contributed by atoms with Crippen LogP contribution in [0, 0.1) is 20.8 Å². The minimum absolute atomic E-state index is 0.368. The van der Waals surface area contributed by atoms with Crippen molar-refractivity contribution in [3.8, 4) is 17.1 Å². The number of hydrogen-bond donors (Lipinski definition) is 0. The maximum atomic E-state index is 12.1. The van der Waals surface area contributed by atoms with Gasteiger partial charge >= 0.3 is 5.97 Å². The second kappa shape index (κ2) is 8.29. The number of rotatable bonds is 5. The van der Waals surface area contributed by atoms with Gasteiger partial charge in [0.05, 0.1) is 12.5 Å². The zero-order chi connectivity index (χ0) is 23.1. The molecule has 0 saturated carbocycles. The Hall–Kier alpha value is -3.78. The zero-order valence-corrected chi connectivity index (χ0v) is 19.6. The molecule has 0 unspecified atom stereocenters. The van der Waals surface area contributed by atoms with E-state index in [1.807, 2.05) is 37.3 Å². The molecule has 2 aromatic carbocycles. The van der Waals surface area contributed by atoms with Crippen LogP contribution in [0.2, 0.25) is 0 Å². The van der Waals surface area contributed by atoms with E-state index in [0.29, 0.717) is 23.0 Å². The number of hydrogen-bond acceptors (Lipinski definition) is 7. The highest BCUT2D eigenvalue weighted by molar-refractivity contribution is 7.20. The monoisotopic (exact) mass is 458 g/mol. The number of methoxy groups -OCH3 is 1. The second-order valence-electron chi connectivity index (χ2n) is 7.93. The molecule has 0 fully saturated rings. The first-order chi connectivity index (χ1) is 15.9. The lowest BCUT2D eigenvalue weighted by Crippen LogP contribution is -1.99. The first-order valence-corrected chi connectivity index (χ1v) is 11.3. The Labute approximate surface area is 194 Å². The van der Waals surface area contributed by atoms with Crippen LogP contribution >= 0.6 is 11.3 Å². The van der Waals surface area contributed by atoms with E-state index in [1.54, 1.807) is 10.8 Å². The summed E-state index contributed by atoms with van der Waals surface area (Å²) in [5.41, 5.74) is 5.76. The van der Waals surface area contributed by atoms with Gasteiger partial charge in [-0.15, -0.1) is 16.4 Å². The fraction of sp³-hybridized carbons (Fsp3) is 0.200. The summed E-state index contributed by atoms with van der Waals surface area (Å²) in [6.07, 6.45) is 1.62. The molecule has 0 radical (unpaired) electrons. The molecule has 5 rings (SSSR count). The number of fused-ring (bicyclic) bond motifs is 3. The summed E-state index contributed by atoms with van der Waals surface area (Å²) < 4.78 is 12.5. The van der Waals surface area contributed by atoms with Crippen LogP contribution in [0.3, 0.4) is 0 Å². The number of carbonyl (C=O) groups excluding carboxylic acids is 1. The van der Waals surface area contributed by atoms with Gasteiger partial charge in [0.25, 0.3) is 0 Å². The van der Waals surface area contributed by atoms with Crippen molar-refractivity contribution in [3.05, 3.63) is 75.9 Å². The summed E-state index contributed by atoms with van der Waals surface area (Å²) in [4.78, 5) is 22.5. The Morgan fingerprint density at radius 1 is 1.09 bits per heavy atom. The van der Waals surface area contributed by atoms with Crippen LogP contribution < -0.4 is 4.74 Å². The van der Waals surface area contributed by atoms with E-state index in [2.05, 4.69) is 36.1 Å². The quantitative estimate of drug-likeness (QED) is 0.333. The molecular formula is C25H22N4O3S. The normalized spacial score (nSPS) is 11.3. The number of carbonyl (C=O) groups is 1. The summed E-state index contributed by atoms with van der Waals surface area (Å²) in [5, 5.41) is 5.41. The van der Waals surface area contributed by atoms with Crippen LogP contribution in [-0.2, 0) is 11.3 Å².